The van der Waals surface area contributed by atoms with Crippen molar-refractivity contribution in [1.29, 1.82) is 0 Å². The lowest BCUT2D eigenvalue weighted by atomic mass is 10.0. The maximum atomic E-state index is 11.5. The molecule has 0 aliphatic rings. The van der Waals surface area contributed by atoms with Gasteiger partial charge in [0.1, 0.15) is 11.6 Å². The average molecular weight is 334 g/mol. The summed E-state index contributed by atoms with van der Waals surface area (Å²) in [6.07, 6.45) is -0.0612. The SMILES string of the molecule is Cn1c(C(CC(=O)O)c2nc3ccccc3n2C)nc2ccccc21. The Labute approximate surface area is 144 Å². The van der Waals surface area contributed by atoms with Gasteiger partial charge in [-0.3, -0.25) is 4.79 Å². The molecule has 0 unspecified atom stereocenters. The number of hydrogen-bond acceptors (Lipinski definition) is 3. The summed E-state index contributed by atoms with van der Waals surface area (Å²) < 4.78 is 3.92. The summed E-state index contributed by atoms with van der Waals surface area (Å²) in [7, 11) is 3.84. The Kier molecular flexibility index (Phi) is 3.53. The first kappa shape index (κ1) is 15.4. The van der Waals surface area contributed by atoms with Crippen LogP contribution in [0.25, 0.3) is 22.1 Å². The molecule has 0 atom stereocenters. The smallest absolute Gasteiger partial charge is 0.304 e. The maximum Gasteiger partial charge on any atom is 0.304 e. The molecule has 4 rings (SSSR count). The number of para-hydroxylation sites is 4. The van der Waals surface area contributed by atoms with Crippen molar-refractivity contribution in [3.8, 4) is 0 Å². The summed E-state index contributed by atoms with van der Waals surface area (Å²) in [6, 6.07) is 15.6. The first-order valence-corrected chi connectivity index (χ1v) is 8.10. The highest BCUT2D eigenvalue weighted by Crippen LogP contribution is 2.31. The van der Waals surface area contributed by atoms with E-state index in [2.05, 4.69) is 0 Å². The van der Waals surface area contributed by atoms with Crippen molar-refractivity contribution < 1.29 is 9.90 Å². The molecule has 0 amide bonds. The van der Waals surface area contributed by atoms with Crippen LogP contribution in [0.2, 0.25) is 0 Å². The Morgan fingerprint density at radius 2 is 1.36 bits per heavy atom. The zero-order chi connectivity index (χ0) is 17.6. The van der Waals surface area contributed by atoms with E-state index in [-0.39, 0.29) is 6.42 Å². The third-order valence-electron chi connectivity index (χ3n) is 4.65. The van der Waals surface area contributed by atoms with Crippen LogP contribution < -0.4 is 0 Å². The van der Waals surface area contributed by atoms with E-state index in [1.807, 2.05) is 71.8 Å². The number of carboxylic acids is 1. The molecule has 0 aliphatic heterocycles. The lowest BCUT2D eigenvalue weighted by Crippen LogP contribution is -2.16. The number of aliphatic carboxylic acids is 1. The van der Waals surface area contributed by atoms with Crippen LogP contribution in [0.4, 0.5) is 0 Å². The van der Waals surface area contributed by atoms with Crippen LogP contribution in [0.5, 0.6) is 0 Å². The summed E-state index contributed by atoms with van der Waals surface area (Å²) in [4.78, 5) is 20.9. The molecule has 2 heterocycles. The second-order valence-corrected chi connectivity index (χ2v) is 6.19. The van der Waals surface area contributed by atoms with E-state index in [4.69, 9.17) is 9.97 Å². The van der Waals surface area contributed by atoms with Crippen LogP contribution in [0.15, 0.2) is 48.5 Å². The van der Waals surface area contributed by atoms with Crippen LogP contribution in [0.1, 0.15) is 24.0 Å². The number of aromatic nitrogens is 4. The Morgan fingerprint density at radius 1 is 0.920 bits per heavy atom. The number of fused-ring (bicyclic) bond motifs is 2. The minimum Gasteiger partial charge on any atom is -0.481 e. The lowest BCUT2D eigenvalue weighted by molar-refractivity contribution is -0.137. The molecule has 0 saturated carbocycles. The highest BCUT2D eigenvalue weighted by Gasteiger charge is 2.27. The molecule has 0 fully saturated rings. The number of benzene rings is 2. The molecule has 6 nitrogen and oxygen atoms in total. The number of carboxylic acid groups (broad SMARTS) is 1. The molecule has 0 spiro atoms. The monoisotopic (exact) mass is 334 g/mol. The topological polar surface area (TPSA) is 72.9 Å². The zero-order valence-corrected chi connectivity index (χ0v) is 14.0. The number of hydrogen-bond donors (Lipinski definition) is 1. The van der Waals surface area contributed by atoms with E-state index < -0.39 is 11.9 Å². The third kappa shape index (κ3) is 2.46. The third-order valence-corrected chi connectivity index (χ3v) is 4.65. The molecule has 0 bridgehead atoms. The van der Waals surface area contributed by atoms with Gasteiger partial charge in [-0.1, -0.05) is 24.3 Å². The van der Waals surface area contributed by atoms with Gasteiger partial charge >= 0.3 is 5.97 Å². The first-order chi connectivity index (χ1) is 12.1. The van der Waals surface area contributed by atoms with Crippen molar-refractivity contribution in [2.75, 3.05) is 0 Å². The van der Waals surface area contributed by atoms with Crippen LogP contribution >= 0.6 is 0 Å². The number of nitrogens with zero attached hydrogens (tertiary/aromatic N) is 4. The quantitative estimate of drug-likeness (QED) is 0.622. The fraction of sp³-hybridized carbons (Fsp3) is 0.211. The minimum absolute atomic E-state index is 0.0612. The predicted molar refractivity (Wildman–Crippen MR) is 95.5 cm³/mol. The molecule has 2 aromatic heterocycles. The minimum atomic E-state index is -0.871. The molecular formula is C19H18N4O2. The molecule has 1 N–H and O–H groups in total. The Morgan fingerprint density at radius 3 is 1.76 bits per heavy atom. The highest BCUT2D eigenvalue weighted by molar-refractivity contribution is 5.78. The van der Waals surface area contributed by atoms with Gasteiger partial charge in [-0.15, -0.1) is 0 Å². The second-order valence-electron chi connectivity index (χ2n) is 6.19. The molecule has 25 heavy (non-hydrogen) atoms. The average Bonchev–Trinajstić information content (AvgIpc) is 3.11. The van der Waals surface area contributed by atoms with Crippen LogP contribution in [0, 0.1) is 0 Å². The van der Waals surface area contributed by atoms with E-state index in [9.17, 15) is 9.90 Å². The van der Waals surface area contributed by atoms with Crippen LogP contribution in [0.3, 0.4) is 0 Å². The first-order valence-electron chi connectivity index (χ1n) is 8.10. The molecule has 0 saturated heterocycles. The second kappa shape index (κ2) is 5.73. The standard InChI is InChI=1S/C19H18N4O2/c1-22-15-9-5-3-7-13(15)20-18(22)12(11-17(24)25)19-21-14-8-4-6-10-16(14)23(19)2/h3-10,12H,11H2,1-2H3,(H,24,25). The van der Waals surface area contributed by atoms with E-state index >= 15 is 0 Å². The molecule has 4 aromatic rings. The fourth-order valence-electron chi connectivity index (χ4n) is 3.42. The summed E-state index contributed by atoms with van der Waals surface area (Å²) >= 11 is 0. The number of imidazole rings is 2. The van der Waals surface area contributed by atoms with E-state index in [1.165, 1.54) is 0 Å². The highest BCUT2D eigenvalue weighted by atomic mass is 16.4. The Hall–Kier alpha value is -3.15. The Balaban J connectivity index is 1.94. The molecule has 0 radical (unpaired) electrons. The van der Waals surface area contributed by atoms with E-state index in [0.717, 1.165) is 22.1 Å². The predicted octanol–water partition coefficient (Wildman–Crippen LogP) is 3.07. The van der Waals surface area contributed by atoms with Crippen LogP contribution in [-0.4, -0.2) is 30.2 Å². The van der Waals surface area contributed by atoms with Crippen molar-refractivity contribution in [1.82, 2.24) is 19.1 Å². The molecule has 6 heteroatoms. The maximum absolute atomic E-state index is 11.5. The summed E-state index contributed by atoms with van der Waals surface area (Å²) in [5, 5.41) is 9.46. The van der Waals surface area contributed by atoms with E-state index in [1.54, 1.807) is 0 Å². The molecule has 0 aliphatic carbocycles. The fourth-order valence-corrected chi connectivity index (χ4v) is 3.42. The molecule has 2 aromatic carbocycles. The molecular weight excluding hydrogens is 316 g/mol. The normalized spacial score (nSPS) is 11.6. The van der Waals surface area contributed by atoms with Crippen molar-refractivity contribution in [3.63, 3.8) is 0 Å². The zero-order valence-electron chi connectivity index (χ0n) is 14.0. The van der Waals surface area contributed by atoms with Crippen molar-refractivity contribution in [2.24, 2.45) is 14.1 Å². The summed E-state index contributed by atoms with van der Waals surface area (Å²) in [5.74, 6) is 0.125. The van der Waals surface area contributed by atoms with Gasteiger partial charge in [0.25, 0.3) is 0 Å². The lowest BCUT2D eigenvalue weighted by Gasteiger charge is -2.15. The van der Waals surface area contributed by atoms with Crippen molar-refractivity contribution in [3.05, 3.63) is 60.2 Å². The number of aryl methyl sites for hydroxylation is 2. The van der Waals surface area contributed by atoms with Gasteiger partial charge < -0.3 is 14.2 Å². The Bertz CT molecular complexity index is 1010. The summed E-state index contributed by atoms with van der Waals surface area (Å²) in [5.41, 5.74) is 3.67. The van der Waals surface area contributed by atoms with Gasteiger partial charge in [-0.05, 0) is 24.3 Å². The van der Waals surface area contributed by atoms with Gasteiger partial charge in [0, 0.05) is 14.1 Å². The number of carbonyl (C=O) groups is 1. The number of rotatable bonds is 4. The van der Waals surface area contributed by atoms with Gasteiger partial charge in [0.15, 0.2) is 0 Å². The van der Waals surface area contributed by atoms with Gasteiger partial charge in [0.05, 0.1) is 34.4 Å². The van der Waals surface area contributed by atoms with Crippen molar-refractivity contribution in [2.45, 2.75) is 12.3 Å². The van der Waals surface area contributed by atoms with Crippen LogP contribution in [-0.2, 0) is 18.9 Å². The van der Waals surface area contributed by atoms with E-state index in [0.29, 0.717) is 11.6 Å². The van der Waals surface area contributed by atoms with Gasteiger partial charge in [-0.2, -0.15) is 0 Å². The van der Waals surface area contributed by atoms with Crippen molar-refractivity contribution >= 4 is 28.0 Å². The van der Waals surface area contributed by atoms with Gasteiger partial charge in [0.2, 0.25) is 0 Å². The van der Waals surface area contributed by atoms with Gasteiger partial charge in [-0.25, -0.2) is 9.97 Å². The summed E-state index contributed by atoms with van der Waals surface area (Å²) in [6.45, 7) is 0. The molecule has 126 valence electrons. The largest absolute Gasteiger partial charge is 0.481 e.